The Kier molecular flexibility index (Phi) is 8.00. The summed E-state index contributed by atoms with van der Waals surface area (Å²) in [5.41, 5.74) is 2.54. The molecule has 4 rings (SSSR count). The fourth-order valence-corrected chi connectivity index (χ4v) is 4.94. The second-order valence-corrected chi connectivity index (χ2v) is 10.2. The number of amides is 1. The highest BCUT2D eigenvalue weighted by Crippen LogP contribution is 2.34. The predicted octanol–water partition coefficient (Wildman–Crippen LogP) is 4.63. The van der Waals surface area contributed by atoms with Gasteiger partial charge in [0.05, 0.1) is 23.1 Å². The molecule has 35 heavy (non-hydrogen) atoms. The number of anilines is 1. The minimum Gasteiger partial charge on any atom is -0.379 e. The van der Waals surface area contributed by atoms with Crippen LogP contribution in [0, 0.1) is 6.92 Å². The average Bonchev–Trinajstić information content (AvgIpc) is 3.09. The maximum absolute atomic E-state index is 13.5. The predicted molar refractivity (Wildman–Crippen MR) is 146 cm³/mol. The second kappa shape index (κ2) is 11.2. The van der Waals surface area contributed by atoms with E-state index in [-0.39, 0.29) is 17.6 Å². The highest BCUT2D eigenvalue weighted by Gasteiger charge is 2.32. The van der Waals surface area contributed by atoms with Crippen molar-refractivity contribution in [3.8, 4) is 0 Å². The van der Waals surface area contributed by atoms with E-state index in [0.717, 1.165) is 17.5 Å². The summed E-state index contributed by atoms with van der Waals surface area (Å²) in [6.45, 7) is 7.47. The van der Waals surface area contributed by atoms with Crippen molar-refractivity contribution >= 4 is 51.7 Å². The van der Waals surface area contributed by atoms with E-state index in [4.69, 9.17) is 21.9 Å². The molecule has 1 aliphatic rings. The van der Waals surface area contributed by atoms with Crippen LogP contribution < -0.4 is 10.9 Å². The molecule has 0 atom stereocenters. The van der Waals surface area contributed by atoms with Gasteiger partial charge in [-0.2, -0.15) is 0 Å². The highest BCUT2D eigenvalue weighted by atomic mass is 32.2. The summed E-state index contributed by atoms with van der Waals surface area (Å²) in [5, 5.41) is 3.28. The molecule has 0 aliphatic carbocycles. The largest absolute Gasteiger partial charge is 0.379 e. The summed E-state index contributed by atoms with van der Waals surface area (Å²) in [7, 11) is 0. The number of carbonyl (C=O) groups excluding carboxylic acids is 1. The van der Waals surface area contributed by atoms with Crippen LogP contribution >= 0.6 is 24.0 Å². The van der Waals surface area contributed by atoms with Gasteiger partial charge in [0.1, 0.15) is 15.8 Å². The van der Waals surface area contributed by atoms with Crippen LogP contribution in [0.3, 0.4) is 0 Å². The minimum atomic E-state index is -0.243. The van der Waals surface area contributed by atoms with Gasteiger partial charge in [0, 0.05) is 19.3 Å². The van der Waals surface area contributed by atoms with E-state index in [9.17, 15) is 9.59 Å². The number of rotatable bonds is 9. The number of carbonyl (C=O) groups is 1. The van der Waals surface area contributed by atoms with E-state index in [0.29, 0.717) is 46.0 Å². The lowest BCUT2D eigenvalue weighted by Gasteiger charge is -2.14. The number of aromatic nitrogens is 2. The molecule has 0 radical (unpaired) electrons. The molecule has 0 unspecified atom stereocenters. The lowest BCUT2D eigenvalue weighted by atomic mass is 10.2. The number of hydrogen-bond donors (Lipinski definition) is 1. The van der Waals surface area contributed by atoms with Crippen molar-refractivity contribution in [2.24, 2.45) is 0 Å². The molecule has 0 bridgehead atoms. The van der Waals surface area contributed by atoms with Crippen molar-refractivity contribution in [1.29, 1.82) is 0 Å². The third kappa shape index (κ3) is 5.80. The molecule has 1 aliphatic heterocycles. The lowest BCUT2D eigenvalue weighted by molar-refractivity contribution is -0.122. The number of nitrogens with zero attached hydrogens (tertiary/aromatic N) is 3. The average molecular weight is 509 g/mol. The zero-order valence-corrected chi connectivity index (χ0v) is 21.6. The van der Waals surface area contributed by atoms with Crippen LogP contribution in [0.4, 0.5) is 5.82 Å². The first-order valence-electron chi connectivity index (χ1n) is 11.5. The SMILES string of the molecule is Cc1cccn2c(=O)c(C=C3SC(=S)N(Cc4ccccc4)C3=O)c(NCCCOC(C)C)nc12. The number of thiocarbonyl (C=S) groups is 1. The van der Waals surface area contributed by atoms with E-state index in [1.165, 1.54) is 16.2 Å². The van der Waals surface area contributed by atoms with Crippen LogP contribution in [-0.2, 0) is 16.1 Å². The second-order valence-electron chi connectivity index (χ2n) is 8.52. The number of hydrogen-bond acceptors (Lipinski definition) is 7. The van der Waals surface area contributed by atoms with Crippen LogP contribution in [-0.4, -0.2) is 43.8 Å². The summed E-state index contributed by atoms with van der Waals surface area (Å²) in [4.78, 5) is 33.4. The minimum absolute atomic E-state index is 0.162. The number of ether oxygens (including phenoxy) is 1. The van der Waals surface area contributed by atoms with Gasteiger partial charge in [-0.25, -0.2) is 4.98 Å². The van der Waals surface area contributed by atoms with Crippen LogP contribution in [0.2, 0.25) is 0 Å². The molecule has 1 saturated heterocycles. The quantitative estimate of drug-likeness (QED) is 0.257. The van der Waals surface area contributed by atoms with Gasteiger partial charge in [-0.1, -0.05) is 60.4 Å². The van der Waals surface area contributed by atoms with Crippen LogP contribution in [0.25, 0.3) is 11.7 Å². The van der Waals surface area contributed by atoms with Crippen molar-refractivity contribution in [1.82, 2.24) is 14.3 Å². The normalized spacial score (nSPS) is 15.1. The molecule has 3 aromatic rings. The van der Waals surface area contributed by atoms with Crippen LogP contribution in [0.1, 0.15) is 37.0 Å². The number of fused-ring (bicyclic) bond motifs is 1. The maximum Gasteiger partial charge on any atom is 0.267 e. The fraction of sp³-hybridized carbons (Fsp3) is 0.308. The number of aryl methyl sites for hydroxylation is 1. The molecule has 0 saturated carbocycles. The summed E-state index contributed by atoms with van der Waals surface area (Å²) >= 11 is 6.69. The van der Waals surface area contributed by atoms with Crippen molar-refractivity contribution in [3.05, 3.63) is 80.6 Å². The van der Waals surface area contributed by atoms with Gasteiger partial charge in [0.2, 0.25) is 0 Å². The summed E-state index contributed by atoms with van der Waals surface area (Å²) in [6.07, 6.45) is 4.22. The molecule has 2 aromatic heterocycles. The Morgan fingerprint density at radius 1 is 1.17 bits per heavy atom. The van der Waals surface area contributed by atoms with Crippen molar-refractivity contribution < 1.29 is 9.53 Å². The van der Waals surface area contributed by atoms with Gasteiger partial charge in [-0.3, -0.25) is 18.9 Å². The summed E-state index contributed by atoms with van der Waals surface area (Å²) < 4.78 is 7.59. The highest BCUT2D eigenvalue weighted by molar-refractivity contribution is 8.26. The molecule has 1 amide bonds. The van der Waals surface area contributed by atoms with E-state index >= 15 is 0 Å². The van der Waals surface area contributed by atoms with Gasteiger partial charge in [0.25, 0.3) is 11.5 Å². The molecular formula is C26H28N4O3S2. The number of nitrogens with one attached hydrogen (secondary N) is 1. The summed E-state index contributed by atoms with van der Waals surface area (Å²) in [6, 6.07) is 13.4. The molecule has 7 nitrogen and oxygen atoms in total. The monoisotopic (exact) mass is 508 g/mol. The van der Waals surface area contributed by atoms with Gasteiger partial charge in [-0.05, 0) is 50.5 Å². The molecule has 1 aromatic carbocycles. The molecule has 182 valence electrons. The van der Waals surface area contributed by atoms with Crippen molar-refractivity contribution in [3.63, 3.8) is 0 Å². The van der Waals surface area contributed by atoms with Gasteiger partial charge in [-0.15, -0.1) is 0 Å². The van der Waals surface area contributed by atoms with E-state index in [2.05, 4.69) is 5.32 Å². The molecule has 3 heterocycles. The molecule has 1 N–H and O–H groups in total. The van der Waals surface area contributed by atoms with Crippen molar-refractivity contribution in [2.75, 3.05) is 18.5 Å². The Labute approximate surface area is 214 Å². The third-order valence-electron chi connectivity index (χ3n) is 5.48. The molecule has 9 heteroatoms. The molecule has 0 spiro atoms. The summed E-state index contributed by atoms with van der Waals surface area (Å²) in [5.74, 6) is 0.232. The Morgan fingerprint density at radius 2 is 1.94 bits per heavy atom. The number of pyridine rings is 1. The lowest BCUT2D eigenvalue weighted by Crippen LogP contribution is -2.27. The fourth-order valence-electron chi connectivity index (χ4n) is 3.71. The van der Waals surface area contributed by atoms with Crippen LogP contribution in [0.15, 0.2) is 58.4 Å². The van der Waals surface area contributed by atoms with Crippen LogP contribution in [0.5, 0.6) is 0 Å². The zero-order valence-electron chi connectivity index (χ0n) is 20.0. The van der Waals surface area contributed by atoms with E-state index in [1.54, 1.807) is 17.2 Å². The maximum atomic E-state index is 13.5. The first kappa shape index (κ1) is 25.1. The first-order valence-corrected chi connectivity index (χ1v) is 12.7. The standard InChI is InChI=1S/C26H28N4O3S2/c1-17(2)33-14-8-12-27-22-20(24(31)29-13-7-9-18(3)23(29)28-22)15-21-25(32)30(26(34)35-21)16-19-10-5-4-6-11-19/h4-7,9-11,13,15,17,27H,8,12,14,16H2,1-3H3. The zero-order chi connectivity index (χ0) is 24.9. The number of benzene rings is 1. The Hall–Kier alpha value is -3.01. The Balaban J connectivity index is 1.66. The van der Waals surface area contributed by atoms with E-state index < -0.39 is 0 Å². The van der Waals surface area contributed by atoms with E-state index in [1.807, 2.05) is 63.2 Å². The van der Waals surface area contributed by atoms with Gasteiger partial charge < -0.3 is 10.1 Å². The molecule has 1 fully saturated rings. The van der Waals surface area contributed by atoms with Gasteiger partial charge >= 0.3 is 0 Å². The molecular weight excluding hydrogens is 480 g/mol. The Morgan fingerprint density at radius 3 is 2.69 bits per heavy atom. The number of thioether (sulfide) groups is 1. The Bertz CT molecular complexity index is 1340. The smallest absolute Gasteiger partial charge is 0.267 e. The first-order chi connectivity index (χ1) is 16.8. The topological polar surface area (TPSA) is 75.9 Å². The van der Waals surface area contributed by atoms with Gasteiger partial charge in [0.15, 0.2) is 0 Å². The van der Waals surface area contributed by atoms with Crippen molar-refractivity contribution in [2.45, 2.75) is 39.8 Å². The third-order valence-corrected chi connectivity index (χ3v) is 6.86.